The van der Waals surface area contributed by atoms with Crippen molar-refractivity contribution in [1.82, 2.24) is 10.6 Å². The first-order valence-corrected chi connectivity index (χ1v) is 6.36. The van der Waals surface area contributed by atoms with Crippen molar-refractivity contribution in [2.75, 3.05) is 6.54 Å². The van der Waals surface area contributed by atoms with Gasteiger partial charge < -0.3 is 15.7 Å². The van der Waals surface area contributed by atoms with Gasteiger partial charge in [0.1, 0.15) is 0 Å². The molecule has 0 saturated heterocycles. The Balaban J connectivity index is 2.35. The molecule has 0 aromatic heterocycles. The van der Waals surface area contributed by atoms with Crippen LogP contribution in [0.5, 0.6) is 0 Å². The van der Waals surface area contributed by atoms with Gasteiger partial charge in [0.25, 0.3) is 0 Å². The summed E-state index contributed by atoms with van der Waals surface area (Å²) in [7, 11) is 0. The second-order valence-corrected chi connectivity index (χ2v) is 4.58. The van der Waals surface area contributed by atoms with Crippen LogP contribution in [0.1, 0.15) is 36.2 Å². The van der Waals surface area contributed by atoms with E-state index in [4.69, 9.17) is 5.11 Å². The molecule has 0 bridgehead atoms. The Morgan fingerprint density at radius 3 is 2.37 bits per heavy atom. The predicted molar refractivity (Wildman–Crippen MR) is 73.1 cm³/mol. The van der Waals surface area contributed by atoms with Crippen molar-refractivity contribution in [1.29, 1.82) is 0 Å². The van der Waals surface area contributed by atoms with Crippen LogP contribution in [0.2, 0.25) is 0 Å². The highest BCUT2D eigenvalue weighted by Crippen LogP contribution is 2.04. The molecule has 0 aliphatic rings. The number of amides is 2. The second-order valence-electron chi connectivity index (χ2n) is 4.58. The topological polar surface area (TPSA) is 78.4 Å². The Morgan fingerprint density at radius 1 is 1.21 bits per heavy atom. The third kappa shape index (κ3) is 5.42. The van der Waals surface area contributed by atoms with Crippen molar-refractivity contribution in [2.45, 2.75) is 26.8 Å². The summed E-state index contributed by atoms with van der Waals surface area (Å²) in [6.07, 6.45) is 1.02. The summed E-state index contributed by atoms with van der Waals surface area (Å²) in [5.41, 5.74) is 1.11. The lowest BCUT2D eigenvalue weighted by molar-refractivity contribution is 0.0697. The first-order chi connectivity index (χ1) is 9.02. The fraction of sp³-hybridized carbons (Fsp3) is 0.429. The summed E-state index contributed by atoms with van der Waals surface area (Å²) in [6, 6.07) is 6.23. The Kier molecular flexibility index (Phi) is 5.85. The van der Waals surface area contributed by atoms with Gasteiger partial charge in [-0.2, -0.15) is 0 Å². The van der Waals surface area contributed by atoms with Gasteiger partial charge in [0.15, 0.2) is 0 Å². The van der Waals surface area contributed by atoms with Crippen molar-refractivity contribution in [3.63, 3.8) is 0 Å². The fourth-order valence-electron chi connectivity index (χ4n) is 1.42. The SMILES string of the molecule is CCC(C)CNC(=O)NCc1ccc(C(=O)O)cc1. The fourth-order valence-corrected chi connectivity index (χ4v) is 1.42. The van der Waals surface area contributed by atoms with Crippen LogP contribution in [-0.4, -0.2) is 23.7 Å². The van der Waals surface area contributed by atoms with Gasteiger partial charge in [0.2, 0.25) is 0 Å². The Labute approximate surface area is 113 Å². The van der Waals surface area contributed by atoms with E-state index in [-0.39, 0.29) is 11.6 Å². The van der Waals surface area contributed by atoms with Crippen LogP contribution in [0.15, 0.2) is 24.3 Å². The maximum absolute atomic E-state index is 11.5. The van der Waals surface area contributed by atoms with Crippen LogP contribution in [0.25, 0.3) is 0 Å². The molecule has 1 aromatic carbocycles. The normalized spacial score (nSPS) is 11.7. The summed E-state index contributed by atoms with van der Waals surface area (Å²) < 4.78 is 0. The van der Waals surface area contributed by atoms with Crippen LogP contribution in [-0.2, 0) is 6.54 Å². The molecule has 2 amide bonds. The number of rotatable bonds is 6. The number of carboxylic acid groups (broad SMARTS) is 1. The van der Waals surface area contributed by atoms with Gasteiger partial charge in [-0.1, -0.05) is 32.4 Å². The molecule has 1 atom stereocenters. The number of carbonyl (C=O) groups excluding carboxylic acids is 1. The minimum Gasteiger partial charge on any atom is -0.478 e. The van der Waals surface area contributed by atoms with E-state index in [2.05, 4.69) is 24.5 Å². The molecule has 1 rings (SSSR count). The van der Waals surface area contributed by atoms with Crippen LogP contribution in [0, 0.1) is 5.92 Å². The molecule has 0 spiro atoms. The van der Waals surface area contributed by atoms with Crippen molar-refractivity contribution in [3.8, 4) is 0 Å². The van der Waals surface area contributed by atoms with Gasteiger partial charge in [0.05, 0.1) is 5.56 Å². The van der Waals surface area contributed by atoms with Gasteiger partial charge in [-0.3, -0.25) is 0 Å². The average molecular weight is 264 g/mol. The minimum absolute atomic E-state index is 0.206. The molecular formula is C14H20N2O3. The molecule has 1 aromatic rings. The quantitative estimate of drug-likeness (QED) is 0.737. The van der Waals surface area contributed by atoms with E-state index in [1.807, 2.05) is 0 Å². The Morgan fingerprint density at radius 2 is 1.84 bits per heavy atom. The van der Waals surface area contributed by atoms with Gasteiger partial charge in [-0.05, 0) is 23.6 Å². The molecule has 19 heavy (non-hydrogen) atoms. The Bertz CT molecular complexity index is 429. The standard InChI is InChI=1S/C14H20N2O3/c1-3-10(2)8-15-14(19)16-9-11-4-6-12(7-5-11)13(17)18/h4-7,10H,3,8-9H2,1-2H3,(H,17,18)(H2,15,16,19). The summed E-state index contributed by atoms with van der Waals surface area (Å²) in [5, 5.41) is 14.3. The first kappa shape index (κ1) is 15.0. The van der Waals surface area contributed by atoms with Crippen molar-refractivity contribution >= 4 is 12.0 Å². The zero-order valence-corrected chi connectivity index (χ0v) is 11.3. The molecule has 5 nitrogen and oxygen atoms in total. The van der Waals surface area contributed by atoms with E-state index in [0.717, 1.165) is 12.0 Å². The smallest absolute Gasteiger partial charge is 0.335 e. The largest absolute Gasteiger partial charge is 0.478 e. The van der Waals surface area contributed by atoms with E-state index in [0.29, 0.717) is 19.0 Å². The number of nitrogens with one attached hydrogen (secondary N) is 2. The monoisotopic (exact) mass is 264 g/mol. The van der Waals surface area contributed by atoms with E-state index in [1.54, 1.807) is 12.1 Å². The number of hydrogen-bond acceptors (Lipinski definition) is 2. The lowest BCUT2D eigenvalue weighted by atomic mass is 10.1. The molecule has 3 N–H and O–H groups in total. The van der Waals surface area contributed by atoms with Crippen LogP contribution in [0.4, 0.5) is 4.79 Å². The molecule has 0 aliphatic heterocycles. The summed E-state index contributed by atoms with van der Waals surface area (Å²) in [6.45, 7) is 5.19. The highest BCUT2D eigenvalue weighted by Gasteiger charge is 2.04. The van der Waals surface area contributed by atoms with Gasteiger partial charge in [-0.25, -0.2) is 9.59 Å². The van der Waals surface area contributed by atoms with E-state index < -0.39 is 5.97 Å². The lowest BCUT2D eigenvalue weighted by Crippen LogP contribution is -2.37. The molecule has 0 aliphatic carbocycles. The van der Waals surface area contributed by atoms with E-state index in [1.165, 1.54) is 12.1 Å². The molecular weight excluding hydrogens is 244 g/mol. The zero-order chi connectivity index (χ0) is 14.3. The van der Waals surface area contributed by atoms with Gasteiger partial charge >= 0.3 is 12.0 Å². The number of benzene rings is 1. The number of urea groups is 1. The first-order valence-electron chi connectivity index (χ1n) is 6.36. The maximum Gasteiger partial charge on any atom is 0.335 e. The molecule has 0 fully saturated rings. The second kappa shape index (κ2) is 7.41. The number of hydrogen-bond donors (Lipinski definition) is 3. The van der Waals surface area contributed by atoms with Crippen LogP contribution < -0.4 is 10.6 Å². The van der Waals surface area contributed by atoms with Crippen LogP contribution >= 0.6 is 0 Å². The summed E-state index contributed by atoms with van der Waals surface area (Å²) in [5.74, 6) is -0.494. The predicted octanol–water partition coefficient (Wildman–Crippen LogP) is 2.23. The number of aromatic carboxylic acids is 1. The molecule has 0 radical (unpaired) electrons. The molecule has 0 heterocycles. The zero-order valence-electron chi connectivity index (χ0n) is 11.3. The Hall–Kier alpha value is -2.04. The third-order valence-corrected chi connectivity index (χ3v) is 2.96. The highest BCUT2D eigenvalue weighted by molar-refractivity contribution is 5.87. The highest BCUT2D eigenvalue weighted by atomic mass is 16.4. The molecule has 0 saturated carbocycles. The summed E-state index contributed by atoms with van der Waals surface area (Å²) in [4.78, 5) is 22.2. The molecule has 5 heteroatoms. The van der Waals surface area contributed by atoms with Crippen molar-refractivity contribution < 1.29 is 14.7 Å². The molecule has 104 valence electrons. The van der Waals surface area contributed by atoms with Gasteiger partial charge in [-0.15, -0.1) is 0 Å². The van der Waals surface area contributed by atoms with E-state index >= 15 is 0 Å². The average Bonchev–Trinajstić information content (AvgIpc) is 2.42. The van der Waals surface area contributed by atoms with E-state index in [9.17, 15) is 9.59 Å². The maximum atomic E-state index is 11.5. The minimum atomic E-state index is -0.953. The van der Waals surface area contributed by atoms with Crippen LogP contribution in [0.3, 0.4) is 0 Å². The third-order valence-electron chi connectivity index (χ3n) is 2.96. The van der Waals surface area contributed by atoms with Crippen molar-refractivity contribution in [3.05, 3.63) is 35.4 Å². The lowest BCUT2D eigenvalue weighted by Gasteiger charge is -2.11. The van der Waals surface area contributed by atoms with Gasteiger partial charge in [0, 0.05) is 13.1 Å². The molecule has 1 unspecified atom stereocenters. The number of carboxylic acids is 1. The van der Waals surface area contributed by atoms with Crippen molar-refractivity contribution in [2.24, 2.45) is 5.92 Å². The number of carbonyl (C=O) groups is 2. The summed E-state index contributed by atoms with van der Waals surface area (Å²) >= 11 is 0.